The van der Waals surface area contributed by atoms with Gasteiger partial charge in [0.05, 0.1) is 12.8 Å². The van der Waals surface area contributed by atoms with Gasteiger partial charge < -0.3 is 41.8 Å². The third-order valence-corrected chi connectivity index (χ3v) is 2.64. The maximum atomic E-state index is 10.2. The quantitative estimate of drug-likeness (QED) is 0.119. The summed E-state index contributed by atoms with van der Waals surface area (Å²) in [4.78, 5) is 69.3. The normalized spacial score (nSPS) is 9.41. The molecule has 0 heterocycles. The number of rotatable bonds is 12. The SMILES string of the molecule is C.N=C(CCC(=O)O)C(=O)O.NC(CCC(=O)O)C(=O)O.O.O=C(O)CCC(=O)C(=O)O. The Hall–Kier alpha value is -3.92. The lowest BCUT2D eigenvalue weighted by molar-refractivity contribution is -0.150. The standard InChI is InChI=1S/C5H9NO4.C5H7NO4.C5H6O5.CH4.H2O/c3*6-3(5(9)10)1-2-4(7)8;;/h3H,1-2,6H2,(H,7,8)(H,9,10);6H,1-2H2,(H,7,8)(H,9,10);1-2H2,(H,7,8)(H,9,10);1H4;1H2. The van der Waals surface area contributed by atoms with Gasteiger partial charge in [-0.1, -0.05) is 7.43 Å². The Kier molecular flexibility index (Phi) is 26.3. The van der Waals surface area contributed by atoms with Gasteiger partial charge in [-0.2, -0.15) is 0 Å². The van der Waals surface area contributed by atoms with E-state index in [1.807, 2.05) is 0 Å². The fourth-order valence-electron chi connectivity index (χ4n) is 1.07. The van der Waals surface area contributed by atoms with Crippen molar-refractivity contribution >= 4 is 47.3 Å². The van der Waals surface area contributed by atoms with Crippen molar-refractivity contribution in [1.82, 2.24) is 0 Å². The van der Waals surface area contributed by atoms with Crippen molar-refractivity contribution in [2.24, 2.45) is 5.73 Å². The van der Waals surface area contributed by atoms with Gasteiger partial charge in [-0.25, -0.2) is 9.59 Å². The number of hydrogen-bond donors (Lipinski definition) is 8. The summed E-state index contributed by atoms with van der Waals surface area (Å²) in [5, 5.41) is 55.0. The lowest BCUT2D eigenvalue weighted by atomic mass is 10.2. The van der Waals surface area contributed by atoms with Gasteiger partial charge in [0.15, 0.2) is 0 Å². The minimum Gasteiger partial charge on any atom is -0.481 e. The van der Waals surface area contributed by atoms with E-state index >= 15 is 0 Å². The molecule has 0 spiro atoms. The average molecular weight is 472 g/mol. The largest absolute Gasteiger partial charge is 0.481 e. The first-order valence-corrected chi connectivity index (χ1v) is 7.82. The molecule has 0 bridgehead atoms. The molecule has 0 aliphatic rings. The Morgan fingerprint density at radius 2 is 1.03 bits per heavy atom. The van der Waals surface area contributed by atoms with Gasteiger partial charge >= 0.3 is 35.8 Å². The second-order valence-electron chi connectivity index (χ2n) is 5.18. The Morgan fingerprint density at radius 3 is 1.31 bits per heavy atom. The fourth-order valence-corrected chi connectivity index (χ4v) is 1.07. The van der Waals surface area contributed by atoms with Crippen LogP contribution in [0.5, 0.6) is 0 Å². The Balaban J connectivity index is -0.000000110. The minimum atomic E-state index is -1.58. The molecule has 0 aliphatic heterocycles. The smallest absolute Gasteiger partial charge is 0.372 e. The Labute approximate surface area is 181 Å². The molecule has 0 saturated carbocycles. The topological polar surface area (TPSA) is 322 Å². The highest BCUT2D eigenvalue weighted by Crippen LogP contribution is 1.93. The van der Waals surface area contributed by atoms with E-state index in [1.165, 1.54) is 0 Å². The maximum Gasteiger partial charge on any atom is 0.372 e. The highest BCUT2D eigenvalue weighted by molar-refractivity contribution is 6.34. The summed E-state index contributed by atoms with van der Waals surface area (Å²) in [5.74, 6) is -8.47. The summed E-state index contributed by atoms with van der Waals surface area (Å²) < 4.78 is 0. The first-order chi connectivity index (χ1) is 13.6. The molecular formula is C16H28N2O14. The van der Waals surface area contributed by atoms with Crippen LogP contribution in [0.25, 0.3) is 0 Å². The molecule has 16 nitrogen and oxygen atoms in total. The van der Waals surface area contributed by atoms with Crippen molar-refractivity contribution in [3.63, 3.8) is 0 Å². The molecule has 1 unspecified atom stereocenters. The number of ketones is 1. The molecule has 32 heavy (non-hydrogen) atoms. The van der Waals surface area contributed by atoms with E-state index in [0.717, 1.165) is 0 Å². The van der Waals surface area contributed by atoms with Crippen molar-refractivity contribution < 1.29 is 69.7 Å². The molecule has 0 aromatic carbocycles. The molecule has 0 radical (unpaired) electrons. The van der Waals surface area contributed by atoms with Gasteiger partial charge in [-0.3, -0.25) is 29.4 Å². The number of carboxylic acids is 6. The summed E-state index contributed by atoms with van der Waals surface area (Å²) in [6.07, 6.45) is -1.61. The second-order valence-corrected chi connectivity index (χ2v) is 5.18. The van der Waals surface area contributed by atoms with E-state index in [4.69, 9.17) is 41.8 Å². The predicted molar refractivity (Wildman–Crippen MR) is 105 cm³/mol. The fraction of sp³-hybridized carbons (Fsp3) is 0.500. The van der Waals surface area contributed by atoms with Crippen LogP contribution in [0.3, 0.4) is 0 Å². The molecule has 0 aromatic rings. The van der Waals surface area contributed by atoms with Gasteiger partial charge in [0.1, 0.15) is 11.8 Å². The zero-order valence-corrected chi connectivity index (χ0v) is 15.9. The number of carbonyl (C=O) groups excluding carboxylic acids is 1. The van der Waals surface area contributed by atoms with Crippen LogP contribution in [0.4, 0.5) is 0 Å². The van der Waals surface area contributed by atoms with Crippen LogP contribution in [0.1, 0.15) is 46.0 Å². The summed E-state index contributed by atoms with van der Waals surface area (Å²) in [7, 11) is 0. The molecular weight excluding hydrogens is 444 g/mol. The number of Topliss-reactive ketones (excluding diaryl/α,β-unsaturated/α-hetero) is 1. The molecule has 1 atom stereocenters. The lowest BCUT2D eigenvalue weighted by Gasteiger charge is -2.01. The van der Waals surface area contributed by atoms with Crippen LogP contribution in [0.2, 0.25) is 0 Å². The molecule has 0 saturated heterocycles. The third kappa shape index (κ3) is 30.8. The summed E-state index contributed by atoms with van der Waals surface area (Å²) >= 11 is 0. The number of hydrogen-bond acceptors (Lipinski definition) is 9. The third-order valence-electron chi connectivity index (χ3n) is 2.64. The lowest BCUT2D eigenvalue weighted by Crippen LogP contribution is -2.30. The van der Waals surface area contributed by atoms with Crippen LogP contribution in [0.15, 0.2) is 0 Å². The highest BCUT2D eigenvalue weighted by atomic mass is 16.4. The minimum absolute atomic E-state index is 0. The maximum absolute atomic E-state index is 10.2. The number of carbonyl (C=O) groups is 7. The van der Waals surface area contributed by atoms with Crippen molar-refractivity contribution in [1.29, 1.82) is 5.41 Å². The predicted octanol–water partition coefficient (Wildman–Crippen LogP) is -1.47. The monoisotopic (exact) mass is 472 g/mol. The van der Waals surface area contributed by atoms with Crippen LogP contribution in [0, 0.1) is 5.41 Å². The van der Waals surface area contributed by atoms with Crippen LogP contribution in [-0.4, -0.2) is 89.5 Å². The molecule has 16 heteroatoms. The van der Waals surface area contributed by atoms with Gasteiger partial charge in [0, 0.05) is 19.3 Å². The molecule has 0 fully saturated rings. The van der Waals surface area contributed by atoms with E-state index < -0.39 is 66.2 Å². The zero-order valence-electron chi connectivity index (χ0n) is 15.9. The summed E-state index contributed by atoms with van der Waals surface area (Å²) in [6.45, 7) is 0. The van der Waals surface area contributed by atoms with Crippen molar-refractivity contribution in [3.05, 3.63) is 0 Å². The van der Waals surface area contributed by atoms with Crippen LogP contribution in [-0.2, 0) is 33.6 Å². The molecule has 0 aromatic heterocycles. The molecule has 0 rings (SSSR count). The van der Waals surface area contributed by atoms with Crippen LogP contribution >= 0.6 is 0 Å². The summed E-state index contributed by atoms with van der Waals surface area (Å²) in [5.41, 5.74) is 4.43. The van der Waals surface area contributed by atoms with Crippen molar-refractivity contribution in [3.8, 4) is 0 Å². The molecule has 186 valence electrons. The average Bonchev–Trinajstić information content (AvgIpc) is 2.62. The summed E-state index contributed by atoms with van der Waals surface area (Å²) in [6, 6.07) is -1.06. The molecule has 0 amide bonds. The van der Waals surface area contributed by atoms with Crippen molar-refractivity contribution in [2.75, 3.05) is 0 Å². The highest BCUT2D eigenvalue weighted by Gasteiger charge is 2.13. The number of nitrogens with one attached hydrogen (secondary N) is 1. The van der Waals surface area contributed by atoms with Crippen LogP contribution < -0.4 is 5.73 Å². The van der Waals surface area contributed by atoms with Gasteiger partial charge in [0.2, 0.25) is 5.78 Å². The van der Waals surface area contributed by atoms with E-state index in [0.29, 0.717) is 0 Å². The number of carboxylic acid groups (broad SMARTS) is 6. The first kappa shape index (κ1) is 38.7. The molecule has 11 N–H and O–H groups in total. The van der Waals surface area contributed by atoms with Gasteiger partial charge in [0.25, 0.3) is 0 Å². The van der Waals surface area contributed by atoms with E-state index in [1.54, 1.807) is 0 Å². The van der Waals surface area contributed by atoms with E-state index in [9.17, 15) is 33.6 Å². The van der Waals surface area contributed by atoms with Gasteiger partial charge in [-0.05, 0) is 6.42 Å². The van der Waals surface area contributed by atoms with Gasteiger partial charge in [-0.15, -0.1) is 0 Å². The van der Waals surface area contributed by atoms with E-state index in [2.05, 4.69) is 0 Å². The number of aliphatic carboxylic acids is 6. The zero-order chi connectivity index (χ0) is 24.4. The number of nitrogens with two attached hydrogens (primary N) is 1. The van der Waals surface area contributed by atoms with Crippen molar-refractivity contribution in [2.45, 2.75) is 52.0 Å². The second kappa shape index (κ2) is 21.8. The molecule has 0 aliphatic carbocycles. The Bertz CT molecular complexity index is 634. The first-order valence-electron chi connectivity index (χ1n) is 7.82. The van der Waals surface area contributed by atoms with E-state index in [-0.39, 0.29) is 38.6 Å². The Morgan fingerprint density at radius 1 is 0.656 bits per heavy atom.